The number of rotatable bonds is 3. The molecule has 7 nitrogen and oxygen atoms in total. The summed E-state index contributed by atoms with van der Waals surface area (Å²) >= 11 is 0. The standard InChI is InChI=1S/C14H21N5O2/c1-18-9-11(8-16-18)19-6-4-12(14(19)21)17-13(20)10-3-2-5-15-7-10/h8-10,12,15H,2-7H2,1H3,(H,17,20). The first-order chi connectivity index (χ1) is 10.1. The average molecular weight is 291 g/mol. The maximum Gasteiger partial charge on any atom is 0.249 e. The van der Waals surface area contributed by atoms with E-state index in [1.807, 2.05) is 13.2 Å². The Kier molecular flexibility index (Phi) is 3.92. The number of carbonyl (C=O) groups excluding carboxylic acids is 2. The lowest BCUT2D eigenvalue weighted by molar-refractivity contribution is -0.129. The highest BCUT2D eigenvalue weighted by molar-refractivity contribution is 6.01. The summed E-state index contributed by atoms with van der Waals surface area (Å²) < 4.78 is 1.67. The lowest BCUT2D eigenvalue weighted by atomic mass is 9.98. The molecule has 3 rings (SSSR count). The number of amides is 2. The molecule has 2 saturated heterocycles. The number of piperidine rings is 1. The molecule has 21 heavy (non-hydrogen) atoms. The molecule has 2 atom stereocenters. The largest absolute Gasteiger partial charge is 0.344 e. The minimum absolute atomic E-state index is 0.00594. The Balaban J connectivity index is 1.60. The summed E-state index contributed by atoms with van der Waals surface area (Å²) in [5.41, 5.74) is 0.790. The molecule has 7 heteroatoms. The van der Waals surface area contributed by atoms with E-state index in [-0.39, 0.29) is 17.7 Å². The summed E-state index contributed by atoms with van der Waals surface area (Å²) in [5, 5.41) is 10.2. The van der Waals surface area contributed by atoms with Crippen LogP contribution in [0.15, 0.2) is 12.4 Å². The van der Waals surface area contributed by atoms with Crippen LogP contribution in [-0.4, -0.2) is 47.3 Å². The Morgan fingerprint density at radius 2 is 2.33 bits per heavy atom. The van der Waals surface area contributed by atoms with Crippen LogP contribution in [0.4, 0.5) is 5.69 Å². The zero-order valence-electron chi connectivity index (χ0n) is 12.2. The van der Waals surface area contributed by atoms with Crippen LogP contribution in [0.2, 0.25) is 0 Å². The summed E-state index contributed by atoms with van der Waals surface area (Å²) in [6.45, 7) is 2.30. The predicted octanol–water partition coefficient (Wildman–Crippen LogP) is -0.359. The van der Waals surface area contributed by atoms with Gasteiger partial charge in [0.1, 0.15) is 6.04 Å². The lowest BCUT2D eigenvalue weighted by Gasteiger charge is -2.23. The fourth-order valence-electron chi connectivity index (χ4n) is 2.98. The first-order valence-corrected chi connectivity index (χ1v) is 7.46. The highest BCUT2D eigenvalue weighted by atomic mass is 16.2. The average Bonchev–Trinajstić information content (AvgIpc) is 3.07. The molecule has 114 valence electrons. The molecule has 1 aromatic heterocycles. The molecule has 2 unspecified atom stereocenters. The van der Waals surface area contributed by atoms with Gasteiger partial charge in [0.2, 0.25) is 11.8 Å². The van der Waals surface area contributed by atoms with Crippen molar-refractivity contribution in [2.45, 2.75) is 25.3 Å². The third kappa shape index (κ3) is 2.92. The molecule has 2 fully saturated rings. The van der Waals surface area contributed by atoms with Gasteiger partial charge in [-0.3, -0.25) is 14.3 Å². The zero-order chi connectivity index (χ0) is 14.8. The van der Waals surface area contributed by atoms with Gasteiger partial charge in [0.05, 0.1) is 17.8 Å². The van der Waals surface area contributed by atoms with Crippen molar-refractivity contribution in [3.8, 4) is 0 Å². The Morgan fingerprint density at radius 1 is 1.48 bits per heavy atom. The Morgan fingerprint density at radius 3 is 3.00 bits per heavy atom. The Bertz CT molecular complexity index is 535. The SMILES string of the molecule is Cn1cc(N2CCC(NC(=O)C3CCCNC3)C2=O)cn1. The number of hydrogen-bond acceptors (Lipinski definition) is 4. The molecule has 0 aromatic carbocycles. The number of aromatic nitrogens is 2. The minimum Gasteiger partial charge on any atom is -0.344 e. The number of aryl methyl sites for hydroxylation is 1. The maximum atomic E-state index is 12.4. The first-order valence-electron chi connectivity index (χ1n) is 7.46. The van der Waals surface area contributed by atoms with Crippen LogP contribution in [0.5, 0.6) is 0 Å². The molecule has 0 aliphatic carbocycles. The second kappa shape index (κ2) is 5.85. The molecular formula is C14H21N5O2. The quantitative estimate of drug-likeness (QED) is 0.797. The van der Waals surface area contributed by atoms with Gasteiger partial charge in [0.15, 0.2) is 0 Å². The van der Waals surface area contributed by atoms with Gasteiger partial charge in [-0.15, -0.1) is 0 Å². The van der Waals surface area contributed by atoms with Crippen molar-refractivity contribution in [1.29, 1.82) is 0 Å². The van der Waals surface area contributed by atoms with Gasteiger partial charge in [-0.05, 0) is 25.8 Å². The van der Waals surface area contributed by atoms with Crippen LogP contribution in [0.1, 0.15) is 19.3 Å². The van der Waals surface area contributed by atoms with E-state index in [1.165, 1.54) is 0 Å². The Hall–Kier alpha value is -1.89. The van der Waals surface area contributed by atoms with Gasteiger partial charge in [-0.1, -0.05) is 0 Å². The Labute approximate surface area is 123 Å². The van der Waals surface area contributed by atoms with E-state index in [2.05, 4.69) is 15.7 Å². The highest BCUT2D eigenvalue weighted by Gasteiger charge is 2.35. The second-order valence-corrected chi connectivity index (χ2v) is 5.76. The van der Waals surface area contributed by atoms with Crippen LogP contribution >= 0.6 is 0 Å². The van der Waals surface area contributed by atoms with Crippen LogP contribution in [-0.2, 0) is 16.6 Å². The predicted molar refractivity (Wildman–Crippen MR) is 77.7 cm³/mol. The van der Waals surface area contributed by atoms with Gasteiger partial charge in [-0.2, -0.15) is 5.10 Å². The molecule has 0 saturated carbocycles. The zero-order valence-corrected chi connectivity index (χ0v) is 12.2. The number of nitrogens with zero attached hydrogens (tertiary/aromatic N) is 3. The fourth-order valence-corrected chi connectivity index (χ4v) is 2.98. The van der Waals surface area contributed by atoms with Crippen molar-refractivity contribution in [2.24, 2.45) is 13.0 Å². The van der Waals surface area contributed by atoms with Crippen molar-refractivity contribution in [3.63, 3.8) is 0 Å². The van der Waals surface area contributed by atoms with E-state index in [0.29, 0.717) is 19.5 Å². The normalized spacial score (nSPS) is 26.1. The second-order valence-electron chi connectivity index (χ2n) is 5.76. The van der Waals surface area contributed by atoms with E-state index in [4.69, 9.17) is 0 Å². The monoisotopic (exact) mass is 291 g/mol. The molecule has 0 bridgehead atoms. The summed E-state index contributed by atoms with van der Waals surface area (Å²) in [6, 6.07) is -0.403. The molecule has 2 amide bonds. The smallest absolute Gasteiger partial charge is 0.249 e. The third-order valence-electron chi connectivity index (χ3n) is 4.19. The van der Waals surface area contributed by atoms with Crippen molar-refractivity contribution in [3.05, 3.63) is 12.4 Å². The molecular weight excluding hydrogens is 270 g/mol. The van der Waals surface area contributed by atoms with Gasteiger partial charge in [0.25, 0.3) is 0 Å². The molecule has 2 aliphatic rings. The van der Waals surface area contributed by atoms with E-state index in [1.54, 1.807) is 15.8 Å². The summed E-state index contributed by atoms with van der Waals surface area (Å²) in [7, 11) is 1.82. The number of carbonyl (C=O) groups is 2. The molecule has 2 N–H and O–H groups in total. The van der Waals surface area contributed by atoms with Crippen molar-refractivity contribution in [1.82, 2.24) is 20.4 Å². The topological polar surface area (TPSA) is 79.3 Å². The first kappa shape index (κ1) is 14.1. The highest BCUT2D eigenvalue weighted by Crippen LogP contribution is 2.21. The van der Waals surface area contributed by atoms with Crippen molar-refractivity contribution < 1.29 is 9.59 Å². The molecule has 2 aliphatic heterocycles. The fraction of sp³-hybridized carbons (Fsp3) is 0.643. The third-order valence-corrected chi connectivity index (χ3v) is 4.19. The van der Waals surface area contributed by atoms with E-state index < -0.39 is 6.04 Å². The van der Waals surface area contributed by atoms with Crippen LogP contribution in [0.25, 0.3) is 0 Å². The van der Waals surface area contributed by atoms with E-state index in [0.717, 1.165) is 25.1 Å². The van der Waals surface area contributed by atoms with Crippen LogP contribution < -0.4 is 15.5 Å². The van der Waals surface area contributed by atoms with Gasteiger partial charge >= 0.3 is 0 Å². The lowest BCUT2D eigenvalue weighted by Crippen LogP contribution is -2.47. The molecule has 3 heterocycles. The molecule has 0 spiro atoms. The molecule has 0 radical (unpaired) electrons. The molecule has 1 aromatic rings. The number of anilines is 1. The van der Waals surface area contributed by atoms with Gasteiger partial charge in [-0.25, -0.2) is 0 Å². The summed E-state index contributed by atoms with van der Waals surface area (Å²) in [4.78, 5) is 26.3. The summed E-state index contributed by atoms with van der Waals surface area (Å²) in [6.07, 6.45) is 6.05. The van der Waals surface area contributed by atoms with Gasteiger partial charge < -0.3 is 15.5 Å². The van der Waals surface area contributed by atoms with E-state index >= 15 is 0 Å². The van der Waals surface area contributed by atoms with Crippen molar-refractivity contribution >= 4 is 17.5 Å². The minimum atomic E-state index is -0.403. The maximum absolute atomic E-state index is 12.4. The van der Waals surface area contributed by atoms with Crippen LogP contribution in [0.3, 0.4) is 0 Å². The van der Waals surface area contributed by atoms with E-state index in [9.17, 15) is 9.59 Å². The summed E-state index contributed by atoms with van der Waals surface area (Å²) in [5.74, 6) is -0.0623. The number of nitrogens with one attached hydrogen (secondary N) is 2. The number of hydrogen-bond donors (Lipinski definition) is 2. The van der Waals surface area contributed by atoms with Gasteiger partial charge in [0, 0.05) is 26.3 Å². The van der Waals surface area contributed by atoms with Crippen LogP contribution in [0, 0.1) is 5.92 Å². The van der Waals surface area contributed by atoms with Crippen molar-refractivity contribution in [2.75, 3.05) is 24.5 Å².